The van der Waals surface area contributed by atoms with E-state index in [0.29, 0.717) is 25.3 Å². The highest BCUT2D eigenvalue weighted by Gasteiger charge is 2.50. The summed E-state index contributed by atoms with van der Waals surface area (Å²) in [6.45, 7) is 0.936. The van der Waals surface area contributed by atoms with E-state index in [1.807, 2.05) is 24.3 Å². The molecule has 0 radical (unpaired) electrons. The summed E-state index contributed by atoms with van der Waals surface area (Å²) < 4.78 is 5.47. The molecule has 1 aliphatic carbocycles. The number of hydrogen-bond acceptors (Lipinski definition) is 3. The average Bonchev–Trinajstić information content (AvgIpc) is 3.17. The average molecular weight is 247 g/mol. The Kier molecular flexibility index (Phi) is 2.47. The number of fused-ring (bicyclic) bond motifs is 1. The molecule has 1 saturated carbocycles. The minimum atomic E-state index is -0.880. The third kappa shape index (κ3) is 1.72. The standard InChI is InChI=1S/C13H13NO4/c15-12(8-7-9(8)13(16)17)14-5-6-18-11-4-2-1-3-10(11)14/h1-4,8-9H,5-7H2,(H,16,17)/t8-,9-/m0/s1. The fourth-order valence-electron chi connectivity index (χ4n) is 2.34. The molecular weight excluding hydrogens is 234 g/mol. The van der Waals surface area contributed by atoms with Gasteiger partial charge in [-0.25, -0.2) is 0 Å². The fourth-order valence-corrected chi connectivity index (χ4v) is 2.34. The van der Waals surface area contributed by atoms with Gasteiger partial charge in [-0.2, -0.15) is 0 Å². The number of carbonyl (C=O) groups is 2. The van der Waals surface area contributed by atoms with Crippen LogP contribution in [0.5, 0.6) is 5.75 Å². The zero-order valence-electron chi connectivity index (χ0n) is 9.70. The molecule has 1 aromatic rings. The number of nitrogens with zero attached hydrogens (tertiary/aromatic N) is 1. The topological polar surface area (TPSA) is 66.8 Å². The number of carboxylic acid groups (broad SMARTS) is 1. The summed E-state index contributed by atoms with van der Waals surface area (Å²) in [5.41, 5.74) is 0.741. The zero-order valence-corrected chi connectivity index (χ0v) is 9.70. The smallest absolute Gasteiger partial charge is 0.307 e. The summed E-state index contributed by atoms with van der Waals surface area (Å²) in [5.74, 6) is -1.17. The number of aliphatic carboxylic acids is 1. The first kappa shape index (κ1) is 11.1. The summed E-state index contributed by atoms with van der Waals surface area (Å²) in [6, 6.07) is 7.33. The van der Waals surface area contributed by atoms with Gasteiger partial charge in [-0.15, -0.1) is 0 Å². The van der Waals surface area contributed by atoms with Gasteiger partial charge in [0.25, 0.3) is 0 Å². The highest BCUT2D eigenvalue weighted by Crippen LogP contribution is 2.42. The number of rotatable bonds is 2. The van der Waals surface area contributed by atoms with Crippen molar-refractivity contribution in [1.29, 1.82) is 0 Å². The third-order valence-electron chi connectivity index (χ3n) is 3.42. The van der Waals surface area contributed by atoms with Crippen LogP contribution in [0.4, 0.5) is 5.69 Å². The lowest BCUT2D eigenvalue weighted by atomic mass is 10.2. The Labute approximate surface area is 104 Å². The highest BCUT2D eigenvalue weighted by molar-refractivity contribution is 6.01. The number of para-hydroxylation sites is 2. The fraction of sp³-hybridized carbons (Fsp3) is 0.385. The molecule has 1 N–H and O–H groups in total. The van der Waals surface area contributed by atoms with Gasteiger partial charge in [-0.1, -0.05) is 12.1 Å². The van der Waals surface area contributed by atoms with E-state index in [-0.39, 0.29) is 11.8 Å². The largest absolute Gasteiger partial charge is 0.490 e. The molecule has 0 spiro atoms. The van der Waals surface area contributed by atoms with E-state index < -0.39 is 11.9 Å². The molecule has 1 aliphatic heterocycles. The lowest BCUT2D eigenvalue weighted by molar-refractivity contribution is -0.140. The van der Waals surface area contributed by atoms with Crippen LogP contribution in [0.15, 0.2) is 24.3 Å². The van der Waals surface area contributed by atoms with Crippen molar-refractivity contribution in [1.82, 2.24) is 0 Å². The SMILES string of the molecule is O=C(O)[C@H]1C[C@@H]1C(=O)N1CCOc2ccccc21. The van der Waals surface area contributed by atoms with Crippen LogP contribution in [0.25, 0.3) is 0 Å². The Balaban J connectivity index is 1.82. The number of hydrogen-bond donors (Lipinski definition) is 1. The van der Waals surface area contributed by atoms with Crippen LogP contribution >= 0.6 is 0 Å². The second-order valence-corrected chi connectivity index (χ2v) is 4.59. The molecule has 2 aliphatic rings. The Morgan fingerprint density at radius 1 is 1.28 bits per heavy atom. The molecule has 3 rings (SSSR count). The molecule has 94 valence electrons. The summed E-state index contributed by atoms with van der Waals surface area (Å²) in [4.78, 5) is 24.7. The minimum Gasteiger partial charge on any atom is -0.490 e. The summed E-state index contributed by atoms with van der Waals surface area (Å²) >= 11 is 0. The number of amides is 1. The quantitative estimate of drug-likeness (QED) is 0.850. The van der Waals surface area contributed by atoms with Gasteiger partial charge in [0, 0.05) is 0 Å². The van der Waals surface area contributed by atoms with E-state index in [1.165, 1.54) is 0 Å². The van der Waals surface area contributed by atoms with E-state index in [9.17, 15) is 9.59 Å². The zero-order chi connectivity index (χ0) is 12.7. The molecule has 1 fully saturated rings. The second-order valence-electron chi connectivity index (χ2n) is 4.59. The van der Waals surface area contributed by atoms with Crippen LogP contribution < -0.4 is 9.64 Å². The van der Waals surface area contributed by atoms with Crippen molar-refractivity contribution in [3.8, 4) is 5.75 Å². The van der Waals surface area contributed by atoms with Crippen molar-refractivity contribution in [2.75, 3.05) is 18.1 Å². The third-order valence-corrected chi connectivity index (χ3v) is 3.42. The van der Waals surface area contributed by atoms with E-state index >= 15 is 0 Å². The van der Waals surface area contributed by atoms with Crippen molar-refractivity contribution in [2.45, 2.75) is 6.42 Å². The van der Waals surface area contributed by atoms with Crippen LogP contribution in [0.1, 0.15) is 6.42 Å². The molecule has 5 nitrogen and oxygen atoms in total. The number of carbonyl (C=O) groups excluding carboxylic acids is 1. The maximum Gasteiger partial charge on any atom is 0.307 e. The molecule has 18 heavy (non-hydrogen) atoms. The van der Waals surface area contributed by atoms with Gasteiger partial charge in [-0.05, 0) is 18.6 Å². The van der Waals surface area contributed by atoms with Crippen molar-refractivity contribution in [3.63, 3.8) is 0 Å². The normalized spacial score (nSPS) is 25.0. The first-order chi connectivity index (χ1) is 8.68. The molecule has 0 aromatic heterocycles. The molecule has 5 heteroatoms. The van der Waals surface area contributed by atoms with E-state index in [4.69, 9.17) is 9.84 Å². The Morgan fingerprint density at radius 2 is 2.06 bits per heavy atom. The lowest BCUT2D eigenvalue weighted by Crippen LogP contribution is -2.39. The summed E-state index contributed by atoms with van der Waals surface area (Å²) in [7, 11) is 0. The molecule has 1 amide bonds. The number of ether oxygens (including phenoxy) is 1. The number of anilines is 1. The minimum absolute atomic E-state index is 0.0989. The van der Waals surface area contributed by atoms with Crippen molar-refractivity contribution in [2.24, 2.45) is 11.8 Å². The summed E-state index contributed by atoms with van der Waals surface area (Å²) in [6.07, 6.45) is 0.452. The molecule has 0 unspecified atom stereocenters. The monoisotopic (exact) mass is 247 g/mol. The van der Waals surface area contributed by atoms with E-state index in [1.54, 1.807) is 4.90 Å². The second kappa shape index (κ2) is 4.01. The van der Waals surface area contributed by atoms with Gasteiger partial charge in [0.2, 0.25) is 5.91 Å². The molecule has 2 atom stereocenters. The predicted octanol–water partition coefficient (Wildman–Crippen LogP) is 1.13. The Morgan fingerprint density at radius 3 is 2.78 bits per heavy atom. The maximum atomic E-state index is 12.2. The highest BCUT2D eigenvalue weighted by atomic mass is 16.5. The van der Waals surface area contributed by atoms with Gasteiger partial charge in [0.15, 0.2) is 0 Å². The van der Waals surface area contributed by atoms with Crippen molar-refractivity contribution >= 4 is 17.6 Å². The van der Waals surface area contributed by atoms with Crippen LogP contribution in [-0.2, 0) is 9.59 Å². The van der Waals surface area contributed by atoms with E-state index in [2.05, 4.69) is 0 Å². The van der Waals surface area contributed by atoms with Gasteiger partial charge >= 0.3 is 5.97 Å². The molecule has 0 saturated heterocycles. The lowest BCUT2D eigenvalue weighted by Gasteiger charge is -2.29. The molecule has 0 bridgehead atoms. The van der Waals surface area contributed by atoms with Gasteiger partial charge < -0.3 is 14.7 Å². The first-order valence-corrected chi connectivity index (χ1v) is 5.94. The molecular formula is C13H13NO4. The Hall–Kier alpha value is -2.04. The Bertz CT molecular complexity index is 513. The van der Waals surface area contributed by atoms with Crippen molar-refractivity contribution in [3.05, 3.63) is 24.3 Å². The van der Waals surface area contributed by atoms with Crippen molar-refractivity contribution < 1.29 is 19.4 Å². The maximum absolute atomic E-state index is 12.2. The van der Waals surface area contributed by atoms with Crippen LogP contribution in [0.2, 0.25) is 0 Å². The predicted molar refractivity (Wildman–Crippen MR) is 63.5 cm³/mol. The first-order valence-electron chi connectivity index (χ1n) is 5.94. The number of benzene rings is 1. The van der Waals surface area contributed by atoms with Gasteiger partial charge in [0.05, 0.1) is 24.1 Å². The van der Waals surface area contributed by atoms with Crippen LogP contribution in [-0.4, -0.2) is 30.1 Å². The molecule has 1 heterocycles. The van der Waals surface area contributed by atoms with Crippen LogP contribution in [0, 0.1) is 11.8 Å². The number of carboxylic acids is 1. The summed E-state index contributed by atoms with van der Waals surface area (Å²) in [5, 5.41) is 8.87. The molecule has 1 aromatic carbocycles. The van der Waals surface area contributed by atoms with E-state index in [0.717, 1.165) is 5.69 Å². The van der Waals surface area contributed by atoms with Crippen LogP contribution in [0.3, 0.4) is 0 Å². The van der Waals surface area contributed by atoms with Gasteiger partial charge in [-0.3, -0.25) is 9.59 Å². The van der Waals surface area contributed by atoms with Gasteiger partial charge in [0.1, 0.15) is 12.4 Å².